The van der Waals surface area contributed by atoms with Crippen LogP contribution in [0.15, 0.2) is 29.2 Å². The molecule has 0 bridgehead atoms. The van der Waals surface area contributed by atoms with E-state index in [-0.39, 0.29) is 10.9 Å². The quantitative estimate of drug-likeness (QED) is 0.851. The lowest BCUT2D eigenvalue weighted by molar-refractivity contribution is -0.138. The summed E-state index contributed by atoms with van der Waals surface area (Å²) >= 11 is 0. The molecule has 0 aliphatic carbocycles. The van der Waals surface area contributed by atoms with Crippen LogP contribution in [0.2, 0.25) is 0 Å². The number of rotatable bonds is 5. The minimum Gasteiger partial charge on any atom is -0.481 e. The van der Waals surface area contributed by atoms with Gasteiger partial charge in [0.1, 0.15) is 0 Å². The maximum Gasteiger partial charge on any atom is 0.310 e. The molecule has 18 heavy (non-hydrogen) atoms. The Balaban J connectivity index is 3.00. The van der Waals surface area contributed by atoms with Gasteiger partial charge >= 0.3 is 5.97 Å². The van der Waals surface area contributed by atoms with Crippen LogP contribution >= 0.6 is 0 Å². The second-order valence-electron chi connectivity index (χ2n) is 4.40. The van der Waals surface area contributed by atoms with E-state index >= 15 is 0 Å². The smallest absolute Gasteiger partial charge is 0.310 e. The number of aliphatic carboxylic acids is 1. The molecule has 0 saturated heterocycles. The van der Waals surface area contributed by atoms with Crippen molar-refractivity contribution in [3.63, 3.8) is 0 Å². The summed E-state index contributed by atoms with van der Waals surface area (Å²) in [5.41, 5.74) is 0.575. The van der Waals surface area contributed by atoms with Gasteiger partial charge in [-0.15, -0.1) is 0 Å². The van der Waals surface area contributed by atoms with Crippen LogP contribution in [0, 0.1) is 0 Å². The molecule has 0 heterocycles. The Labute approximate surface area is 107 Å². The summed E-state index contributed by atoms with van der Waals surface area (Å²) in [6.07, 6.45) is 0. The molecular weight excluding hydrogens is 254 g/mol. The number of nitrogens with one attached hydrogen (secondary N) is 1. The van der Waals surface area contributed by atoms with Crippen molar-refractivity contribution in [2.75, 3.05) is 0 Å². The van der Waals surface area contributed by atoms with Crippen LogP contribution in [0.5, 0.6) is 0 Å². The molecule has 2 N–H and O–H groups in total. The third kappa shape index (κ3) is 3.54. The first-order valence-electron chi connectivity index (χ1n) is 5.59. The van der Waals surface area contributed by atoms with Gasteiger partial charge in [0.25, 0.3) is 0 Å². The number of carboxylic acid groups (broad SMARTS) is 1. The Morgan fingerprint density at radius 3 is 2.06 bits per heavy atom. The van der Waals surface area contributed by atoms with Gasteiger partial charge < -0.3 is 5.11 Å². The van der Waals surface area contributed by atoms with Crippen LogP contribution < -0.4 is 4.72 Å². The lowest BCUT2D eigenvalue weighted by Gasteiger charge is -2.11. The highest BCUT2D eigenvalue weighted by atomic mass is 32.2. The fraction of sp³-hybridized carbons (Fsp3) is 0.417. The third-order valence-electron chi connectivity index (χ3n) is 2.45. The minimum atomic E-state index is -3.52. The molecule has 0 aliphatic heterocycles. The zero-order chi connectivity index (χ0) is 13.9. The van der Waals surface area contributed by atoms with Gasteiger partial charge in [-0.05, 0) is 38.5 Å². The van der Waals surface area contributed by atoms with Crippen LogP contribution in [-0.4, -0.2) is 25.5 Å². The van der Waals surface area contributed by atoms with Crippen molar-refractivity contribution >= 4 is 16.0 Å². The molecule has 0 aliphatic rings. The summed E-state index contributed by atoms with van der Waals surface area (Å²) < 4.78 is 26.1. The molecule has 100 valence electrons. The van der Waals surface area contributed by atoms with Gasteiger partial charge in [-0.25, -0.2) is 13.1 Å². The lowest BCUT2D eigenvalue weighted by atomic mass is 10.0. The molecule has 1 atom stereocenters. The molecule has 5 nitrogen and oxygen atoms in total. The summed E-state index contributed by atoms with van der Waals surface area (Å²) in [5.74, 6) is -1.59. The highest BCUT2D eigenvalue weighted by Gasteiger charge is 2.17. The fourth-order valence-electron chi connectivity index (χ4n) is 1.46. The monoisotopic (exact) mass is 271 g/mol. The average Bonchev–Trinajstić information content (AvgIpc) is 2.26. The minimum absolute atomic E-state index is 0.137. The Bertz CT molecular complexity index is 520. The fourth-order valence-corrected chi connectivity index (χ4v) is 2.71. The SMILES string of the molecule is CC(C)NS(=O)(=O)c1ccc(C(C)C(=O)O)cc1. The molecule has 1 rings (SSSR count). The van der Waals surface area contributed by atoms with Crippen LogP contribution in [-0.2, 0) is 14.8 Å². The summed E-state index contributed by atoms with van der Waals surface area (Å²) in [5, 5.41) is 8.85. The van der Waals surface area contributed by atoms with Crippen molar-refractivity contribution in [3.05, 3.63) is 29.8 Å². The molecule has 0 amide bonds. The number of hydrogen-bond acceptors (Lipinski definition) is 3. The van der Waals surface area contributed by atoms with E-state index in [1.54, 1.807) is 20.8 Å². The van der Waals surface area contributed by atoms with E-state index in [1.165, 1.54) is 24.3 Å². The van der Waals surface area contributed by atoms with Crippen molar-refractivity contribution in [2.24, 2.45) is 0 Å². The van der Waals surface area contributed by atoms with Gasteiger partial charge in [-0.1, -0.05) is 12.1 Å². The summed E-state index contributed by atoms with van der Waals surface area (Å²) in [6, 6.07) is 5.69. The largest absolute Gasteiger partial charge is 0.481 e. The Morgan fingerprint density at radius 2 is 1.67 bits per heavy atom. The van der Waals surface area contributed by atoms with E-state index in [0.29, 0.717) is 5.56 Å². The topological polar surface area (TPSA) is 83.5 Å². The van der Waals surface area contributed by atoms with Gasteiger partial charge in [0.15, 0.2) is 0 Å². The van der Waals surface area contributed by atoms with E-state index in [1.807, 2.05) is 0 Å². The molecule has 0 radical (unpaired) electrons. The number of carboxylic acids is 1. The molecule has 0 aromatic heterocycles. The average molecular weight is 271 g/mol. The lowest BCUT2D eigenvalue weighted by Crippen LogP contribution is -2.30. The molecule has 0 spiro atoms. The predicted octanol–water partition coefficient (Wildman–Crippen LogP) is 1.56. The van der Waals surface area contributed by atoms with Crippen molar-refractivity contribution in [1.29, 1.82) is 0 Å². The van der Waals surface area contributed by atoms with Crippen LogP contribution in [0.3, 0.4) is 0 Å². The maximum absolute atomic E-state index is 11.8. The first kappa shape index (κ1) is 14.7. The van der Waals surface area contributed by atoms with Crippen molar-refractivity contribution in [1.82, 2.24) is 4.72 Å². The molecule has 0 fully saturated rings. The normalized spacial score (nSPS) is 13.6. The molecule has 1 aromatic rings. The van der Waals surface area contributed by atoms with E-state index in [9.17, 15) is 13.2 Å². The Hall–Kier alpha value is -1.40. The molecule has 1 unspecified atom stereocenters. The van der Waals surface area contributed by atoms with Gasteiger partial charge in [0.05, 0.1) is 10.8 Å². The van der Waals surface area contributed by atoms with Crippen molar-refractivity contribution in [2.45, 2.75) is 37.6 Å². The van der Waals surface area contributed by atoms with Crippen molar-refractivity contribution < 1.29 is 18.3 Å². The van der Waals surface area contributed by atoms with E-state index in [2.05, 4.69) is 4.72 Å². The molecule has 1 aromatic carbocycles. The standard InChI is InChI=1S/C12H17NO4S/c1-8(2)13-18(16,17)11-6-4-10(5-7-11)9(3)12(14)15/h4-9,13H,1-3H3,(H,14,15). The molecule has 6 heteroatoms. The molecule has 0 saturated carbocycles. The number of sulfonamides is 1. The highest BCUT2D eigenvalue weighted by molar-refractivity contribution is 7.89. The number of benzene rings is 1. The highest BCUT2D eigenvalue weighted by Crippen LogP contribution is 2.18. The van der Waals surface area contributed by atoms with Crippen LogP contribution in [0.1, 0.15) is 32.3 Å². The summed E-state index contributed by atoms with van der Waals surface area (Å²) in [6.45, 7) is 5.02. The van der Waals surface area contributed by atoms with E-state index in [4.69, 9.17) is 5.11 Å². The van der Waals surface area contributed by atoms with Crippen LogP contribution in [0.4, 0.5) is 0 Å². The van der Waals surface area contributed by atoms with Gasteiger partial charge in [-0.2, -0.15) is 0 Å². The van der Waals surface area contributed by atoms with Crippen LogP contribution in [0.25, 0.3) is 0 Å². The summed E-state index contributed by atoms with van der Waals surface area (Å²) in [4.78, 5) is 10.9. The zero-order valence-electron chi connectivity index (χ0n) is 10.5. The summed E-state index contributed by atoms with van der Waals surface area (Å²) in [7, 11) is -3.52. The van der Waals surface area contributed by atoms with Crippen molar-refractivity contribution in [3.8, 4) is 0 Å². The second kappa shape index (κ2) is 5.49. The Kier molecular flexibility index (Phi) is 4.48. The first-order chi connectivity index (χ1) is 8.24. The van der Waals surface area contributed by atoms with Gasteiger partial charge in [0.2, 0.25) is 10.0 Å². The molecular formula is C12H17NO4S. The van der Waals surface area contributed by atoms with E-state index < -0.39 is 21.9 Å². The van der Waals surface area contributed by atoms with E-state index in [0.717, 1.165) is 0 Å². The number of hydrogen-bond donors (Lipinski definition) is 2. The predicted molar refractivity (Wildman–Crippen MR) is 68.0 cm³/mol. The third-order valence-corrected chi connectivity index (χ3v) is 4.13. The van der Waals surface area contributed by atoms with Gasteiger partial charge in [-0.3, -0.25) is 4.79 Å². The van der Waals surface area contributed by atoms with Gasteiger partial charge in [0, 0.05) is 6.04 Å². The first-order valence-corrected chi connectivity index (χ1v) is 7.07. The number of carbonyl (C=O) groups is 1. The Morgan fingerprint density at radius 1 is 1.17 bits per heavy atom. The zero-order valence-corrected chi connectivity index (χ0v) is 11.4. The second-order valence-corrected chi connectivity index (χ2v) is 6.12. The maximum atomic E-state index is 11.8.